The van der Waals surface area contributed by atoms with Crippen LogP contribution in [-0.4, -0.2) is 32.7 Å². The molecule has 0 aliphatic carbocycles. The van der Waals surface area contributed by atoms with E-state index in [1.165, 1.54) is 26.2 Å². The highest BCUT2D eigenvalue weighted by atomic mass is 32.2. The van der Waals surface area contributed by atoms with Crippen molar-refractivity contribution in [1.82, 2.24) is 4.31 Å². The molecule has 0 aliphatic heterocycles. The first-order valence-electron chi connectivity index (χ1n) is 7.10. The van der Waals surface area contributed by atoms with E-state index in [4.69, 9.17) is 5.26 Å². The summed E-state index contributed by atoms with van der Waals surface area (Å²) in [5.41, 5.74) is 2.01. The molecule has 1 amide bonds. The van der Waals surface area contributed by atoms with Crippen LogP contribution in [0.5, 0.6) is 0 Å². The van der Waals surface area contributed by atoms with Gasteiger partial charge in [-0.25, -0.2) is 12.7 Å². The van der Waals surface area contributed by atoms with Gasteiger partial charge in [-0.15, -0.1) is 0 Å². The second-order valence-electron chi connectivity index (χ2n) is 5.41. The van der Waals surface area contributed by atoms with Crippen molar-refractivity contribution in [1.29, 1.82) is 5.26 Å². The van der Waals surface area contributed by atoms with Gasteiger partial charge in [-0.05, 0) is 48.9 Å². The van der Waals surface area contributed by atoms with Gasteiger partial charge in [0.05, 0.1) is 16.5 Å². The van der Waals surface area contributed by atoms with E-state index in [0.29, 0.717) is 16.8 Å². The number of benzene rings is 2. The Balaban J connectivity index is 2.32. The average molecular weight is 343 g/mol. The minimum atomic E-state index is -3.58. The van der Waals surface area contributed by atoms with Gasteiger partial charge in [-0.1, -0.05) is 6.07 Å². The molecule has 7 heteroatoms. The fourth-order valence-electron chi connectivity index (χ4n) is 2.00. The molecule has 0 aliphatic rings. The number of hydrogen-bond acceptors (Lipinski definition) is 4. The minimum Gasteiger partial charge on any atom is -0.322 e. The van der Waals surface area contributed by atoms with Crippen molar-refractivity contribution < 1.29 is 13.2 Å². The summed E-state index contributed by atoms with van der Waals surface area (Å²) in [6.07, 6.45) is 0. The van der Waals surface area contributed by atoms with Crippen LogP contribution in [0.4, 0.5) is 5.69 Å². The average Bonchev–Trinajstić information content (AvgIpc) is 2.56. The van der Waals surface area contributed by atoms with E-state index in [1.807, 2.05) is 6.07 Å². The van der Waals surface area contributed by atoms with E-state index in [0.717, 1.165) is 9.87 Å². The molecule has 0 spiro atoms. The van der Waals surface area contributed by atoms with E-state index >= 15 is 0 Å². The summed E-state index contributed by atoms with van der Waals surface area (Å²) in [5, 5.41) is 11.5. The second kappa shape index (κ2) is 6.83. The highest BCUT2D eigenvalue weighted by molar-refractivity contribution is 7.89. The summed E-state index contributed by atoms with van der Waals surface area (Å²) < 4.78 is 25.5. The molecule has 0 saturated heterocycles. The van der Waals surface area contributed by atoms with E-state index in [9.17, 15) is 13.2 Å². The van der Waals surface area contributed by atoms with Crippen molar-refractivity contribution in [3.8, 4) is 6.07 Å². The number of carbonyl (C=O) groups excluding carboxylic acids is 1. The van der Waals surface area contributed by atoms with Crippen LogP contribution in [0, 0.1) is 18.3 Å². The predicted molar refractivity (Wildman–Crippen MR) is 91.2 cm³/mol. The number of amides is 1. The van der Waals surface area contributed by atoms with Gasteiger partial charge < -0.3 is 5.32 Å². The Hall–Kier alpha value is -2.69. The van der Waals surface area contributed by atoms with Crippen LogP contribution in [-0.2, 0) is 10.0 Å². The van der Waals surface area contributed by atoms with E-state index in [2.05, 4.69) is 5.32 Å². The molecule has 6 nitrogen and oxygen atoms in total. The number of anilines is 1. The standard InChI is InChI=1S/C17H17N3O3S/c1-12-4-9-15(24(22,23)20(2)3)10-16(12)19-17(21)14-7-5-13(11-18)6-8-14/h4-10H,1-3H3,(H,19,21). The van der Waals surface area contributed by atoms with E-state index < -0.39 is 10.0 Å². The van der Waals surface area contributed by atoms with Gasteiger partial charge >= 0.3 is 0 Å². The van der Waals surface area contributed by atoms with Crippen LogP contribution in [0.1, 0.15) is 21.5 Å². The lowest BCUT2D eigenvalue weighted by Crippen LogP contribution is -2.22. The smallest absolute Gasteiger partial charge is 0.255 e. The Labute approximate surface area is 141 Å². The van der Waals surface area contributed by atoms with Crippen LogP contribution < -0.4 is 5.32 Å². The molecule has 2 aromatic rings. The van der Waals surface area contributed by atoms with Gasteiger partial charge in [0.1, 0.15) is 0 Å². The first-order chi connectivity index (χ1) is 11.3. The summed E-state index contributed by atoms with van der Waals surface area (Å²) in [6.45, 7) is 1.78. The third kappa shape index (κ3) is 3.62. The van der Waals surface area contributed by atoms with E-state index in [-0.39, 0.29) is 10.8 Å². The molecule has 2 aromatic carbocycles. The Morgan fingerprint density at radius 3 is 2.29 bits per heavy atom. The highest BCUT2D eigenvalue weighted by Crippen LogP contribution is 2.22. The van der Waals surface area contributed by atoms with Crippen LogP contribution in [0.15, 0.2) is 47.4 Å². The fraction of sp³-hybridized carbons (Fsp3) is 0.176. The number of nitrogens with one attached hydrogen (secondary N) is 1. The molecule has 2 rings (SSSR count). The lowest BCUT2D eigenvalue weighted by atomic mass is 10.1. The van der Waals surface area contributed by atoms with Crippen molar-refractivity contribution in [2.24, 2.45) is 0 Å². The molecule has 0 saturated carbocycles. The lowest BCUT2D eigenvalue weighted by Gasteiger charge is -2.14. The fourth-order valence-corrected chi connectivity index (χ4v) is 2.93. The predicted octanol–water partition coefficient (Wildman–Crippen LogP) is 2.37. The van der Waals surface area contributed by atoms with Crippen LogP contribution >= 0.6 is 0 Å². The number of nitriles is 1. The number of rotatable bonds is 4. The summed E-state index contributed by atoms with van der Waals surface area (Å²) in [5.74, 6) is -0.373. The van der Waals surface area contributed by atoms with Crippen molar-refractivity contribution >= 4 is 21.6 Å². The number of sulfonamides is 1. The molecule has 0 aromatic heterocycles. The highest BCUT2D eigenvalue weighted by Gasteiger charge is 2.19. The molecule has 0 fully saturated rings. The van der Waals surface area contributed by atoms with Crippen molar-refractivity contribution in [3.63, 3.8) is 0 Å². The maximum Gasteiger partial charge on any atom is 0.255 e. The summed E-state index contributed by atoms with van der Waals surface area (Å²) in [7, 11) is -0.682. The van der Waals surface area contributed by atoms with Gasteiger partial charge in [0.15, 0.2) is 0 Å². The Morgan fingerprint density at radius 1 is 1.12 bits per heavy atom. The molecule has 0 atom stereocenters. The molecule has 124 valence electrons. The largest absolute Gasteiger partial charge is 0.322 e. The van der Waals surface area contributed by atoms with Gasteiger partial charge in [-0.3, -0.25) is 4.79 Å². The van der Waals surface area contributed by atoms with E-state index in [1.54, 1.807) is 37.3 Å². The first kappa shape index (κ1) is 17.7. The Kier molecular flexibility index (Phi) is 5.02. The molecule has 24 heavy (non-hydrogen) atoms. The van der Waals surface area contributed by atoms with Gasteiger partial charge in [-0.2, -0.15) is 5.26 Å². The number of aryl methyl sites for hydroxylation is 1. The lowest BCUT2D eigenvalue weighted by molar-refractivity contribution is 0.102. The molecular weight excluding hydrogens is 326 g/mol. The molecular formula is C17H17N3O3S. The first-order valence-corrected chi connectivity index (χ1v) is 8.54. The summed E-state index contributed by atoms with van der Waals surface area (Å²) in [4.78, 5) is 12.4. The number of carbonyl (C=O) groups is 1. The topological polar surface area (TPSA) is 90.3 Å². The van der Waals surface area contributed by atoms with Gasteiger partial charge in [0.2, 0.25) is 10.0 Å². The Morgan fingerprint density at radius 2 is 1.75 bits per heavy atom. The van der Waals surface area contributed by atoms with Crippen LogP contribution in [0.2, 0.25) is 0 Å². The third-order valence-electron chi connectivity index (χ3n) is 3.51. The quantitative estimate of drug-likeness (QED) is 0.923. The van der Waals surface area contributed by atoms with Crippen molar-refractivity contribution in [2.45, 2.75) is 11.8 Å². The Bertz CT molecular complexity index is 911. The maximum atomic E-state index is 12.3. The maximum absolute atomic E-state index is 12.3. The normalized spacial score (nSPS) is 11.1. The zero-order valence-corrected chi connectivity index (χ0v) is 14.4. The SMILES string of the molecule is Cc1ccc(S(=O)(=O)N(C)C)cc1NC(=O)c1ccc(C#N)cc1. The second-order valence-corrected chi connectivity index (χ2v) is 7.56. The number of hydrogen-bond donors (Lipinski definition) is 1. The molecule has 0 radical (unpaired) electrons. The third-order valence-corrected chi connectivity index (χ3v) is 5.32. The van der Waals surface area contributed by atoms with Crippen molar-refractivity contribution in [2.75, 3.05) is 19.4 Å². The zero-order valence-electron chi connectivity index (χ0n) is 13.6. The van der Waals surface area contributed by atoms with Gasteiger partial charge in [0.25, 0.3) is 5.91 Å². The number of nitrogens with zero attached hydrogens (tertiary/aromatic N) is 2. The van der Waals surface area contributed by atoms with Crippen LogP contribution in [0.25, 0.3) is 0 Å². The monoisotopic (exact) mass is 343 g/mol. The molecule has 0 bridgehead atoms. The zero-order chi connectivity index (χ0) is 17.9. The molecule has 0 unspecified atom stereocenters. The van der Waals surface area contributed by atoms with Gasteiger partial charge in [0, 0.05) is 25.3 Å². The summed E-state index contributed by atoms with van der Waals surface area (Å²) >= 11 is 0. The van der Waals surface area contributed by atoms with Crippen LogP contribution in [0.3, 0.4) is 0 Å². The molecule has 0 heterocycles. The molecule has 1 N–H and O–H groups in total. The summed E-state index contributed by atoms with van der Waals surface area (Å²) in [6, 6.07) is 12.8. The minimum absolute atomic E-state index is 0.105. The van der Waals surface area contributed by atoms with Crippen molar-refractivity contribution in [3.05, 3.63) is 59.2 Å².